The summed E-state index contributed by atoms with van der Waals surface area (Å²) in [5.41, 5.74) is 2.52. The van der Waals surface area contributed by atoms with E-state index in [-0.39, 0.29) is 0 Å². The van der Waals surface area contributed by atoms with E-state index in [4.69, 9.17) is 0 Å². The summed E-state index contributed by atoms with van der Waals surface area (Å²) in [4.78, 5) is 3.14. The van der Waals surface area contributed by atoms with Gasteiger partial charge in [0.15, 0.2) is 0 Å². The molecule has 2 heteroatoms. The molecule has 2 aliphatic rings. The Labute approximate surface area is 65.6 Å². The van der Waals surface area contributed by atoms with Gasteiger partial charge in [-0.1, -0.05) is 18.2 Å². The van der Waals surface area contributed by atoms with Crippen LogP contribution in [0.15, 0.2) is 30.5 Å². The summed E-state index contributed by atoms with van der Waals surface area (Å²) in [6.07, 6.45) is 1.94. The molecule has 1 aliphatic heterocycles. The van der Waals surface area contributed by atoms with E-state index in [0.717, 1.165) is 5.82 Å². The Bertz CT molecular complexity index is 324. The molecule has 0 fully saturated rings. The molecule has 0 aromatic heterocycles. The topological polar surface area (TPSA) is 27.8 Å². The second-order valence-electron chi connectivity index (χ2n) is 2.50. The molecule has 2 rings (SSSR count). The summed E-state index contributed by atoms with van der Waals surface area (Å²) in [6, 6.07) is 8.32. The molecule has 0 spiro atoms. The molecule has 56 valence electrons. The molecule has 0 aromatic rings. The second kappa shape index (κ2) is 2.31. The first kappa shape index (κ1) is 6.28. The third-order valence-corrected chi connectivity index (χ3v) is 1.86. The number of H-pyrrole nitrogens is 1. The van der Waals surface area contributed by atoms with Gasteiger partial charge in [-0.05, 0) is 11.6 Å². The van der Waals surface area contributed by atoms with Gasteiger partial charge < -0.3 is 10.3 Å². The third-order valence-electron chi connectivity index (χ3n) is 1.86. The molecule has 0 amide bonds. The zero-order valence-electron chi connectivity index (χ0n) is 6.39. The van der Waals surface area contributed by atoms with Gasteiger partial charge in [-0.15, -0.1) is 0 Å². The largest absolute Gasteiger partial charge is 0.374 e. The van der Waals surface area contributed by atoms with Crippen LogP contribution in [0.3, 0.4) is 0 Å². The van der Waals surface area contributed by atoms with Crippen LogP contribution in [0, 0.1) is 0 Å². The highest BCUT2D eigenvalue weighted by atomic mass is 15.0. The summed E-state index contributed by atoms with van der Waals surface area (Å²) in [7, 11) is 1.91. The number of aromatic amines is 1. The number of pyridine rings is 1. The van der Waals surface area contributed by atoms with E-state index in [9.17, 15) is 0 Å². The lowest BCUT2D eigenvalue weighted by molar-refractivity contribution is 1.29. The summed E-state index contributed by atoms with van der Waals surface area (Å²) in [5.74, 6) is 1.08. The standard InChI is InChI=1S/C9H10N2/c1-10-9-8-4-2-3-7(8)5-6-11-9/h2-6,10-11H,1H3. The van der Waals surface area contributed by atoms with Crippen LogP contribution in [0.4, 0.5) is 5.82 Å². The Morgan fingerprint density at radius 3 is 3.00 bits per heavy atom. The predicted octanol–water partition coefficient (Wildman–Crippen LogP) is 2.16. The molecule has 0 atom stereocenters. The second-order valence-corrected chi connectivity index (χ2v) is 2.50. The summed E-state index contributed by atoms with van der Waals surface area (Å²) in [5, 5.41) is 3.10. The zero-order valence-corrected chi connectivity index (χ0v) is 6.39. The fourth-order valence-corrected chi connectivity index (χ4v) is 1.31. The molecule has 1 heterocycles. The lowest BCUT2D eigenvalue weighted by atomic mass is 10.2. The first-order valence-corrected chi connectivity index (χ1v) is 3.65. The van der Waals surface area contributed by atoms with Gasteiger partial charge in [0.1, 0.15) is 5.82 Å². The molecule has 11 heavy (non-hydrogen) atoms. The Hall–Kier alpha value is -1.44. The van der Waals surface area contributed by atoms with Gasteiger partial charge in [0.2, 0.25) is 0 Å². The Morgan fingerprint density at radius 1 is 1.27 bits per heavy atom. The van der Waals surface area contributed by atoms with Crippen molar-refractivity contribution in [1.82, 2.24) is 4.98 Å². The molecule has 2 nitrogen and oxygen atoms in total. The van der Waals surface area contributed by atoms with Crippen LogP contribution >= 0.6 is 0 Å². The Morgan fingerprint density at radius 2 is 2.18 bits per heavy atom. The van der Waals surface area contributed by atoms with E-state index in [2.05, 4.69) is 34.6 Å². The van der Waals surface area contributed by atoms with Crippen LogP contribution in [0.1, 0.15) is 0 Å². The molecular formula is C9H10N2. The molecule has 2 N–H and O–H groups in total. The molecule has 1 aliphatic carbocycles. The van der Waals surface area contributed by atoms with E-state index in [1.807, 2.05) is 13.2 Å². The number of aromatic nitrogens is 1. The first-order valence-electron chi connectivity index (χ1n) is 3.65. The van der Waals surface area contributed by atoms with Crippen molar-refractivity contribution in [3.8, 4) is 11.1 Å². The van der Waals surface area contributed by atoms with Crippen molar-refractivity contribution < 1.29 is 0 Å². The van der Waals surface area contributed by atoms with E-state index in [0.29, 0.717) is 0 Å². The SMILES string of the molecule is CNc1[nH]ccc2cccc1-2. The van der Waals surface area contributed by atoms with Gasteiger partial charge in [-0.25, -0.2) is 0 Å². The number of anilines is 1. The van der Waals surface area contributed by atoms with Gasteiger partial charge >= 0.3 is 0 Å². The highest BCUT2D eigenvalue weighted by Gasteiger charge is 2.04. The third kappa shape index (κ3) is 0.871. The van der Waals surface area contributed by atoms with Crippen molar-refractivity contribution in [2.75, 3.05) is 12.4 Å². The van der Waals surface area contributed by atoms with Gasteiger partial charge in [0.05, 0.1) is 0 Å². The molecule has 0 aromatic carbocycles. The minimum Gasteiger partial charge on any atom is -0.374 e. The van der Waals surface area contributed by atoms with E-state index >= 15 is 0 Å². The van der Waals surface area contributed by atoms with Crippen molar-refractivity contribution in [3.63, 3.8) is 0 Å². The average molecular weight is 146 g/mol. The maximum absolute atomic E-state index is 3.14. The van der Waals surface area contributed by atoms with Gasteiger partial charge in [-0.2, -0.15) is 0 Å². The predicted molar refractivity (Wildman–Crippen MR) is 47.0 cm³/mol. The lowest BCUT2D eigenvalue weighted by Crippen LogP contribution is -1.93. The maximum Gasteiger partial charge on any atom is 0.110 e. The number of hydrogen-bond donors (Lipinski definition) is 2. The molecular weight excluding hydrogens is 136 g/mol. The summed E-state index contributed by atoms with van der Waals surface area (Å²) >= 11 is 0. The van der Waals surface area contributed by atoms with Gasteiger partial charge in [-0.3, -0.25) is 0 Å². The fourth-order valence-electron chi connectivity index (χ4n) is 1.31. The number of nitrogens with one attached hydrogen (secondary N) is 2. The number of fused-ring (bicyclic) bond motifs is 1. The molecule has 0 saturated heterocycles. The van der Waals surface area contributed by atoms with Crippen molar-refractivity contribution in [2.24, 2.45) is 0 Å². The quantitative estimate of drug-likeness (QED) is 0.634. The molecule has 0 saturated carbocycles. The van der Waals surface area contributed by atoms with Gasteiger partial charge in [0, 0.05) is 18.8 Å². The lowest BCUT2D eigenvalue weighted by Gasteiger charge is -2.05. The smallest absolute Gasteiger partial charge is 0.110 e. The monoisotopic (exact) mass is 146 g/mol. The molecule has 0 bridgehead atoms. The van der Waals surface area contributed by atoms with Crippen molar-refractivity contribution >= 4 is 5.82 Å². The number of hydrogen-bond acceptors (Lipinski definition) is 1. The van der Waals surface area contributed by atoms with Crippen molar-refractivity contribution in [1.29, 1.82) is 0 Å². The van der Waals surface area contributed by atoms with Crippen LogP contribution < -0.4 is 5.32 Å². The maximum atomic E-state index is 3.14. The van der Waals surface area contributed by atoms with Crippen LogP contribution in [0.5, 0.6) is 0 Å². The highest BCUT2D eigenvalue weighted by molar-refractivity contribution is 5.77. The minimum atomic E-state index is 1.08. The van der Waals surface area contributed by atoms with Crippen molar-refractivity contribution in [2.45, 2.75) is 0 Å². The van der Waals surface area contributed by atoms with E-state index < -0.39 is 0 Å². The van der Waals surface area contributed by atoms with Crippen LogP contribution in [0.2, 0.25) is 0 Å². The molecule has 0 unspecified atom stereocenters. The zero-order chi connectivity index (χ0) is 7.68. The van der Waals surface area contributed by atoms with Crippen LogP contribution in [-0.2, 0) is 0 Å². The van der Waals surface area contributed by atoms with Gasteiger partial charge in [0.25, 0.3) is 0 Å². The van der Waals surface area contributed by atoms with Crippen molar-refractivity contribution in [3.05, 3.63) is 30.5 Å². The average Bonchev–Trinajstić information content (AvgIpc) is 2.50. The van der Waals surface area contributed by atoms with E-state index in [1.165, 1.54) is 11.1 Å². The molecule has 0 radical (unpaired) electrons. The summed E-state index contributed by atoms with van der Waals surface area (Å²) in [6.45, 7) is 0. The van der Waals surface area contributed by atoms with Crippen LogP contribution in [-0.4, -0.2) is 12.0 Å². The summed E-state index contributed by atoms with van der Waals surface area (Å²) < 4.78 is 0. The number of rotatable bonds is 1. The fraction of sp³-hybridized carbons (Fsp3) is 0.111. The van der Waals surface area contributed by atoms with Crippen LogP contribution in [0.25, 0.3) is 11.1 Å². The first-order chi connectivity index (χ1) is 5.42. The Balaban J connectivity index is 2.66. The Kier molecular flexibility index (Phi) is 1.32. The van der Waals surface area contributed by atoms with E-state index in [1.54, 1.807) is 0 Å². The highest BCUT2D eigenvalue weighted by Crippen LogP contribution is 2.27. The normalized spacial score (nSPS) is 10.3. The minimum absolute atomic E-state index is 1.08.